The van der Waals surface area contributed by atoms with Gasteiger partial charge < -0.3 is 47.2 Å². The number of amidine groups is 3. The van der Waals surface area contributed by atoms with Crippen LogP contribution in [0.25, 0.3) is 0 Å². The summed E-state index contributed by atoms with van der Waals surface area (Å²) in [5.74, 6) is 11.1. The minimum atomic E-state index is -0.237. The van der Waals surface area contributed by atoms with Crippen molar-refractivity contribution in [3.63, 3.8) is 0 Å². The summed E-state index contributed by atoms with van der Waals surface area (Å²) in [6, 6.07) is 3.15. The third kappa shape index (κ3) is 73.2. The van der Waals surface area contributed by atoms with E-state index >= 15 is 0 Å². The molecule has 25 nitrogen and oxygen atoms in total. The number of hydrogen-bond donors (Lipinski definition) is 12. The number of amides is 2. The molecule has 0 saturated heterocycles. The van der Waals surface area contributed by atoms with E-state index in [4.69, 9.17) is 0 Å². The Morgan fingerprint density at radius 1 is 0.427 bits per heavy atom. The Morgan fingerprint density at radius 2 is 0.927 bits per heavy atom. The summed E-state index contributed by atoms with van der Waals surface area (Å²) in [5.41, 5.74) is 8.45. The Bertz CT molecular complexity index is 3610. The highest BCUT2D eigenvalue weighted by atomic mass is 16.2. The highest BCUT2D eigenvalue weighted by Gasteiger charge is 2.24. The van der Waals surface area contributed by atoms with Crippen molar-refractivity contribution in [2.45, 2.75) is 328 Å². The first-order valence-electron chi connectivity index (χ1n) is 45.8. The van der Waals surface area contributed by atoms with Crippen LogP contribution in [0.5, 0.6) is 0 Å². The van der Waals surface area contributed by atoms with Gasteiger partial charge in [0, 0.05) is 148 Å². The van der Waals surface area contributed by atoms with Gasteiger partial charge in [-0.25, -0.2) is 24.9 Å². The molecule has 1 aliphatic carbocycles. The Morgan fingerprint density at radius 3 is 1.19 bits per heavy atom. The van der Waals surface area contributed by atoms with Crippen molar-refractivity contribution in [3.05, 3.63) is 214 Å². The van der Waals surface area contributed by atoms with Crippen LogP contribution in [0, 0.1) is 41.4 Å². The molecule has 11 rings (SSSR count). The molecule has 0 saturated carbocycles. The molecule has 0 atom stereocenters. The first-order chi connectivity index (χ1) is 58.8. The van der Waals surface area contributed by atoms with Crippen LogP contribution in [-0.4, -0.2) is 106 Å². The highest BCUT2D eigenvalue weighted by molar-refractivity contribution is 6.17. The second-order valence-electron chi connectivity index (χ2n) is 27.3. The van der Waals surface area contributed by atoms with Crippen LogP contribution in [0.15, 0.2) is 200 Å². The number of H-pyrrole nitrogens is 5. The summed E-state index contributed by atoms with van der Waals surface area (Å²) >= 11 is 0. The molecule has 10 heterocycles. The van der Waals surface area contributed by atoms with Gasteiger partial charge in [0.05, 0.1) is 12.4 Å². The molecule has 712 valence electrons. The molecule has 0 radical (unpaired) electrons. The van der Waals surface area contributed by atoms with Gasteiger partial charge in [0.25, 0.3) is 5.91 Å². The highest BCUT2D eigenvalue weighted by Crippen LogP contribution is 2.25. The van der Waals surface area contributed by atoms with Crippen molar-refractivity contribution in [3.8, 4) is 0 Å². The van der Waals surface area contributed by atoms with Crippen molar-refractivity contribution < 1.29 is 14.4 Å². The summed E-state index contributed by atoms with van der Waals surface area (Å²) < 4.78 is 0. The minimum absolute atomic E-state index is 0.0127. The number of carbonyl (C=O) groups excluding carboxylic acids is 3. The first-order valence-corrected chi connectivity index (χ1v) is 45.8. The number of aromatic nitrogens is 9. The fourth-order valence-electron chi connectivity index (χ4n) is 8.05. The zero-order chi connectivity index (χ0) is 99.3. The second kappa shape index (κ2) is 91.9. The summed E-state index contributed by atoms with van der Waals surface area (Å²) in [6.45, 7) is 110. The smallest absolute Gasteiger partial charge is 0.340 e. The number of aliphatic imine (C=N–C) groups is 4. The molecule has 6 aliphatic heterocycles. The number of rotatable bonds is 11. The summed E-state index contributed by atoms with van der Waals surface area (Å²) in [5, 5.41) is 33.3. The molecule has 25 heteroatoms. The zero-order valence-electron chi connectivity index (χ0n) is 86.8. The van der Waals surface area contributed by atoms with Gasteiger partial charge in [-0.15, -0.1) is 0 Å². The number of Topliss-reactive ketones (excluding diaryl/α,β-unsaturated/α-hetero) is 1. The number of carbonyl (C=O) groups is 3. The lowest BCUT2D eigenvalue weighted by atomic mass is 9.85. The number of pyridine rings is 1. The van der Waals surface area contributed by atoms with Gasteiger partial charge in [0.1, 0.15) is 47.8 Å². The maximum absolute atomic E-state index is 10.9. The van der Waals surface area contributed by atoms with E-state index in [0.29, 0.717) is 82.9 Å². The number of nitrogens with one attached hydrogen (secondary N) is 12. The molecular weight excluding hydrogens is 1550 g/mol. The number of dihydropyridines is 1. The lowest BCUT2D eigenvalue weighted by Crippen LogP contribution is -2.36. The van der Waals surface area contributed by atoms with Gasteiger partial charge in [0.15, 0.2) is 11.2 Å². The van der Waals surface area contributed by atoms with E-state index in [-0.39, 0.29) is 34.6 Å². The van der Waals surface area contributed by atoms with E-state index in [2.05, 4.69) is 225 Å². The Kier molecular flexibility index (Phi) is 101. The molecule has 0 bridgehead atoms. The molecule has 2 amide bonds. The SMILES string of the molecule is C=C1C=C(C(C)C)C1=O.C=C1C=CC=C(C(C)C)N1.C=C1C=CN=C(C(C)C)N1.C=C1C=NC=C(C(C)C)N1.C=C1NC(=O)C=C(C(C)C)N1.CC.CC.CC.CC.CC.CC.CC.CC.CC.CC.CC.CC(C)C1=NCC(=O)N1.CC(C)C1=NCCN1.CC(C)c1cc(=O)cc[nH]1.CC(C)c1n[nH]c(=O)[nH]1.CC(C)c1ncc[nH]1.CC(C)c1ncn[nH]1. The molecule has 0 spiro atoms. The monoisotopic (exact) mass is 1740 g/mol. The lowest BCUT2D eigenvalue weighted by Gasteiger charge is -2.20. The maximum Gasteiger partial charge on any atom is 0.340 e. The fraction of sp³-hybridized carbons (Fsp3) is 0.586. The van der Waals surface area contributed by atoms with Crippen molar-refractivity contribution in [1.29, 1.82) is 0 Å². The minimum Gasteiger partial charge on any atom is -0.372 e. The number of imidazole rings is 1. The fourth-order valence-corrected chi connectivity index (χ4v) is 8.05. The van der Waals surface area contributed by atoms with Crippen LogP contribution >= 0.6 is 0 Å². The number of aromatic amines is 5. The Hall–Kier alpha value is -10.3. The van der Waals surface area contributed by atoms with Crippen molar-refractivity contribution in [2.75, 3.05) is 19.6 Å². The molecule has 4 aromatic heterocycles. The Labute approximate surface area is 757 Å². The Balaban J connectivity index is -0.000000123. The van der Waals surface area contributed by atoms with E-state index in [1.165, 1.54) is 23.9 Å². The van der Waals surface area contributed by atoms with Crippen LogP contribution in [0.4, 0.5) is 0 Å². The number of ketones is 1. The molecule has 4 aromatic rings. The maximum atomic E-state index is 10.9. The van der Waals surface area contributed by atoms with Crippen molar-refractivity contribution in [2.24, 2.45) is 61.4 Å². The predicted octanol–water partition coefficient (Wildman–Crippen LogP) is 24.3. The molecule has 0 aromatic carbocycles. The van der Waals surface area contributed by atoms with Crippen LogP contribution in [0.3, 0.4) is 0 Å². The lowest BCUT2D eigenvalue weighted by molar-refractivity contribution is -0.118. The van der Waals surface area contributed by atoms with Crippen LogP contribution in [-0.2, 0) is 14.4 Å². The average Bonchev–Trinajstić information content (AvgIpc) is 1.17. The van der Waals surface area contributed by atoms with Gasteiger partial charge in [-0.2, -0.15) is 10.2 Å². The third-order valence-corrected chi connectivity index (χ3v) is 14.2. The summed E-state index contributed by atoms with van der Waals surface area (Å²) in [7, 11) is 0. The van der Waals surface area contributed by atoms with Gasteiger partial charge in [0.2, 0.25) is 5.91 Å². The molecule has 12 N–H and O–H groups in total. The summed E-state index contributed by atoms with van der Waals surface area (Å²) in [4.78, 5) is 86.4. The molecular formula is C99H186N20O5. The molecule has 0 unspecified atom stereocenters. The van der Waals surface area contributed by atoms with Gasteiger partial charge in [-0.3, -0.25) is 44.2 Å². The topological polar surface area (TPSA) is 350 Å². The number of hydrogen-bond acceptors (Lipinski definition) is 18. The van der Waals surface area contributed by atoms with E-state index in [0.717, 1.165) is 76.2 Å². The molecule has 7 aliphatic rings. The third-order valence-electron chi connectivity index (χ3n) is 14.2. The van der Waals surface area contributed by atoms with Gasteiger partial charge >= 0.3 is 5.69 Å². The molecule has 0 fully saturated rings. The van der Waals surface area contributed by atoms with Gasteiger partial charge in [-0.05, 0) is 53.9 Å². The van der Waals surface area contributed by atoms with Crippen molar-refractivity contribution in [1.82, 2.24) is 82.5 Å². The standard InChI is InChI=1S/C9H13N.C8H12N2O.2C8H12N2.C8H11NO.C8H10O.C6H10N2O.C6H12N2.C6H10N2.C5H9N3O.C5H9N3.11C2H6/c1-7(2)9-6-4-5-8(3)10-9;1-5(2)7-4-8(11)10-6(3)9-7;1-6(2)8-5-9-4-7(3)10-8;1-6(2)8-9-5-4-7(3)10-8;1-6(2)8-5-7(10)3-4-9-8;1-5(2)7-4-6(3)8(7)9;1-4(2)6-7-3-5(9)8-6;2*1-5(2)6-7-3-4-8-6;1-3(2)4-6-5(9)8-7-4;1-4(2)5-6-3-7-8-5;11*1-2/h4-7,10H,3H2,1-2H3;4-5,9H,3H2,1-2H3,(H,10,11);4-6,10H,3H2,1-2H3;4-6H,3H2,1-2H3,(H,9,10);3-6H,1-2H3,(H,9,10);4-5H,3H2,1-2H3;4H,3H2,1-2H3,(H,7,8,9);5H,3-4H2,1-2H3,(H,7,8);3-5H,1-2H3,(H,7,8);3H,1-2H3,(H2,6,7,8,9);3-4H,1-2H3,(H,6,7,8);11*1-2H3. The summed E-state index contributed by atoms with van der Waals surface area (Å²) in [6.07, 6.45) is 23.5. The van der Waals surface area contributed by atoms with Crippen LogP contribution in [0.2, 0.25) is 0 Å². The van der Waals surface area contributed by atoms with E-state index < -0.39 is 0 Å². The largest absolute Gasteiger partial charge is 0.372 e. The van der Waals surface area contributed by atoms with E-state index in [1.807, 2.05) is 258 Å². The second-order valence-corrected chi connectivity index (χ2v) is 27.3. The van der Waals surface area contributed by atoms with E-state index in [1.54, 1.807) is 37.0 Å². The van der Waals surface area contributed by atoms with Gasteiger partial charge in [-0.1, -0.05) is 344 Å². The number of allylic oxidation sites excluding steroid dienone is 11. The van der Waals surface area contributed by atoms with Crippen molar-refractivity contribution >= 4 is 41.3 Å². The van der Waals surface area contributed by atoms with Crippen LogP contribution in [0.1, 0.15) is 351 Å². The first kappa shape index (κ1) is 137. The van der Waals surface area contributed by atoms with E-state index in [9.17, 15) is 24.0 Å². The predicted molar refractivity (Wildman–Crippen MR) is 545 cm³/mol. The number of nitrogens with zero attached hydrogens (tertiary/aromatic N) is 8. The quantitative estimate of drug-likeness (QED) is 0.0621. The zero-order valence-corrected chi connectivity index (χ0v) is 86.8. The van der Waals surface area contributed by atoms with Crippen LogP contribution < -0.4 is 48.3 Å². The molecule has 124 heavy (non-hydrogen) atoms. The normalized spacial score (nSPS) is 13.0. The average molecular weight is 1740 g/mol.